The van der Waals surface area contributed by atoms with Gasteiger partial charge in [0.25, 0.3) is 0 Å². The predicted octanol–water partition coefficient (Wildman–Crippen LogP) is 20.4. The van der Waals surface area contributed by atoms with Crippen molar-refractivity contribution in [1.29, 1.82) is 0 Å². The molecule has 17 nitrogen and oxygen atoms in total. The molecule has 534 valence electrons. The van der Waals surface area contributed by atoms with Crippen molar-refractivity contribution in [3.8, 4) is 0 Å². The van der Waals surface area contributed by atoms with Crippen LogP contribution in [-0.4, -0.2) is 96.7 Å². The molecule has 0 saturated carbocycles. The number of hydrogen-bond acceptors (Lipinski definition) is 15. The van der Waals surface area contributed by atoms with Gasteiger partial charge in [0.05, 0.1) is 26.4 Å². The average molecular weight is 1330 g/mol. The van der Waals surface area contributed by atoms with Crippen molar-refractivity contribution in [2.24, 2.45) is 11.8 Å². The molecule has 0 aliphatic rings. The molecule has 0 fully saturated rings. The van der Waals surface area contributed by atoms with Gasteiger partial charge in [0, 0.05) is 25.7 Å². The molecule has 0 heterocycles. The second kappa shape index (κ2) is 63.1. The monoisotopic (exact) mass is 1320 g/mol. The quantitative estimate of drug-likeness (QED) is 0.0222. The van der Waals surface area contributed by atoms with Crippen molar-refractivity contribution in [2.45, 2.75) is 381 Å². The lowest BCUT2D eigenvalue weighted by molar-refractivity contribution is -0.161. The number of unbranched alkanes of at least 4 members (excludes halogenated alkanes) is 40. The van der Waals surface area contributed by atoms with E-state index < -0.39 is 97.5 Å². The lowest BCUT2D eigenvalue weighted by atomic mass is 10.0. The Morgan fingerprint density at radius 1 is 0.300 bits per heavy atom. The summed E-state index contributed by atoms with van der Waals surface area (Å²) in [7, 11) is -9.90. The molecular weight excluding hydrogens is 1190 g/mol. The van der Waals surface area contributed by atoms with Crippen LogP contribution in [0.1, 0.15) is 363 Å². The van der Waals surface area contributed by atoms with Crippen LogP contribution >= 0.6 is 15.6 Å². The minimum Gasteiger partial charge on any atom is -0.462 e. The van der Waals surface area contributed by atoms with Crippen LogP contribution in [0, 0.1) is 11.8 Å². The van der Waals surface area contributed by atoms with Gasteiger partial charge in [-0.2, -0.15) is 0 Å². The maximum atomic E-state index is 13.0. The summed E-state index contributed by atoms with van der Waals surface area (Å²) >= 11 is 0. The number of carbonyl (C=O) groups excluding carboxylic acids is 4. The van der Waals surface area contributed by atoms with Gasteiger partial charge in [-0.1, -0.05) is 311 Å². The zero-order valence-electron chi connectivity index (χ0n) is 58.4. The summed E-state index contributed by atoms with van der Waals surface area (Å²) in [4.78, 5) is 72.4. The van der Waals surface area contributed by atoms with Crippen LogP contribution in [0.2, 0.25) is 0 Å². The van der Waals surface area contributed by atoms with Gasteiger partial charge in [0.1, 0.15) is 19.3 Å². The van der Waals surface area contributed by atoms with Crippen molar-refractivity contribution >= 4 is 39.5 Å². The molecule has 0 spiro atoms. The number of rotatable bonds is 70. The highest BCUT2D eigenvalue weighted by Crippen LogP contribution is 2.45. The second-order valence-electron chi connectivity index (χ2n) is 26.6. The van der Waals surface area contributed by atoms with Gasteiger partial charge >= 0.3 is 39.5 Å². The number of phosphoric acid groups is 2. The smallest absolute Gasteiger partial charge is 0.462 e. The van der Waals surface area contributed by atoms with E-state index in [0.717, 1.165) is 102 Å². The van der Waals surface area contributed by atoms with Crippen LogP contribution in [-0.2, 0) is 65.4 Å². The standard InChI is InChI=1S/C71H138O17P2/c1-7-9-11-13-15-17-18-19-20-21-22-23-24-25-26-31-37-43-49-55-70(75)87-66(60-82-69(74)54-48-42-36-30-28-27-29-33-39-45-51-63(3)4)61-85-89(77,78)83-57-65(72)58-84-90(79,80)86-62-67(59-81-68(73)53-47-41-35-16-14-12-10-8-2)88-71(76)56-50-44-38-32-34-40-46-52-64(5)6/h63-67,72H,7-62H2,1-6H3,(H,77,78)(H,79,80)/t65-,66-,67-/m1/s1. The minimum atomic E-state index is -4.95. The topological polar surface area (TPSA) is 237 Å². The molecule has 0 bridgehead atoms. The lowest BCUT2D eigenvalue weighted by Gasteiger charge is -2.21. The summed E-state index contributed by atoms with van der Waals surface area (Å²) in [6, 6.07) is 0. The Kier molecular flexibility index (Phi) is 61.8. The zero-order valence-corrected chi connectivity index (χ0v) is 60.2. The van der Waals surface area contributed by atoms with E-state index in [9.17, 15) is 43.2 Å². The van der Waals surface area contributed by atoms with E-state index in [1.54, 1.807) is 0 Å². The number of esters is 4. The number of phosphoric ester groups is 2. The highest BCUT2D eigenvalue weighted by Gasteiger charge is 2.30. The summed E-state index contributed by atoms with van der Waals surface area (Å²) in [5, 5.41) is 10.6. The highest BCUT2D eigenvalue weighted by atomic mass is 31.2. The number of carbonyl (C=O) groups is 4. The molecule has 0 aromatic heterocycles. The molecule has 0 amide bonds. The Bertz CT molecular complexity index is 1750. The van der Waals surface area contributed by atoms with Crippen molar-refractivity contribution in [3.63, 3.8) is 0 Å². The minimum absolute atomic E-state index is 0.103. The molecule has 3 N–H and O–H groups in total. The van der Waals surface area contributed by atoms with Crippen molar-refractivity contribution in [3.05, 3.63) is 0 Å². The lowest BCUT2D eigenvalue weighted by Crippen LogP contribution is -2.30. The molecule has 90 heavy (non-hydrogen) atoms. The fraction of sp³-hybridized carbons (Fsp3) is 0.944. The highest BCUT2D eigenvalue weighted by molar-refractivity contribution is 7.47. The number of ether oxygens (including phenoxy) is 4. The third-order valence-corrected chi connectivity index (χ3v) is 18.4. The third kappa shape index (κ3) is 64.8. The van der Waals surface area contributed by atoms with E-state index in [0.29, 0.717) is 31.6 Å². The molecule has 0 radical (unpaired) electrons. The molecule has 2 unspecified atom stereocenters. The molecule has 19 heteroatoms. The molecule has 0 aromatic carbocycles. The molecular formula is C71H138O17P2. The van der Waals surface area contributed by atoms with Crippen LogP contribution in [0.3, 0.4) is 0 Å². The molecule has 0 aromatic rings. The van der Waals surface area contributed by atoms with Crippen LogP contribution in [0.4, 0.5) is 0 Å². The maximum Gasteiger partial charge on any atom is 0.472 e. The number of aliphatic hydroxyl groups is 1. The largest absolute Gasteiger partial charge is 0.472 e. The van der Waals surface area contributed by atoms with Crippen molar-refractivity contribution < 1.29 is 80.2 Å². The van der Waals surface area contributed by atoms with E-state index in [4.69, 9.17) is 37.0 Å². The Morgan fingerprint density at radius 2 is 0.511 bits per heavy atom. The van der Waals surface area contributed by atoms with Gasteiger partial charge < -0.3 is 33.8 Å². The van der Waals surface area contributed by atoms with Gasteiger partial charge in [0.15, 0.2) is 12.2 Å². The van der Waals surface area contributed by atoms with E-state index in [2.05, 4.69) is 41.5 Å². The molecule has 0 aliphatic heterocycles. The van der Waals surface area contributed by atoms with E-state index in [1.165, 1.54) is 173 Å². The molecule has 0 saturated heterocycles. The van der Waals surface area contributed by atoms with E-state index >= 15 is 0 Å². The number of hydrogen-bond donors (Lipinski definition) is 3. The SMILES string of the molecule is CCCCCCCCCCCCCCCCCCCCCC(=O)O[C@H](COC(=O)CCCCCCCCCCCCC(C)C)COP(=O)(O)OC[C@@H](O)COP(=O)(O)OC[C@@H](COC(=O)CCCCCCCCCC)OC(=O)CCCCCCCCCC(C)C. The first-order chi connectivity index (χ1) is 43.4. The second-order valence-corrected chi connectivity index (χ2v) is 29.5. The zero-order chi connectivity index (χ0) is 66.5. The van der Waals surface area contributed by atoms with Gasteiger partial charge in [-0.05, 0) is 37.5 Å². The average Bonchev–Trinajstić information content (AvgIpc) is 3.72. The third-order valence-electron chi connectivity index (χ3n) is 16.5. The fourth-order valence-corrected chi connectivity index (χ4v) is 12.3. The summed E-state index contributed by atoms with van der Waals surface area (Å²) in [6.07, 6.45) is 48.8. The maximum absolute atomic E-state index is 13.0. The van der Waals surface area contributed by atoms with E-state index in [1.807, 2.05) is 0 Å². The van der Waals surface area contributed by atoms with Gasteiger partial charge in [-0.3, -0.25) is 37.3 Å². The van der Waals surface area contributed by atoms with E-state index in [-0.39, 0.29) is 25.7 Å². The van der Waals surface area contributed by atoms with Crippen LogP contribution in [0.15, 0.2) is 0 Å². The Balaban J connectivity index is 5.19. The van der Waals surface area contributed by atoms with Gasteiger partial charge in [-0.15, -0.1) is 0 Å². The first-order valence-electron chi connectivity index (χ1n) is 37.0. The van der Waals surface area contributed by atoms with Gasteiger partial charge in [-0.25, -0.2) is 9.13 Å². The van der Waals surface area contributed by atoms with Crippen LogP contribution in [0.5, 0.6) is 0 Å². The Morgan fingerprint density at radius 3 is 0.756 bits per heavy atom. The predicted molar refractivity (Wildman–Crippen MR) is 363 cm³/mol. The first-order valence-corrected chi connectivity index (χ1v) is 40.0. The summed E-state index contributed by atoms with van der Waals surface area (Å²) in [5.41, 5.74) is 0. The molecule has 0 aliphatic carbocycles. The van der Waals surface area contributed by atoms with Crippen molar-refractivity contribution in [2.75, 3.05) is 39.6 Å². The van der Waals surface area contributed by atoms with Crippen LogP contribution in [0.25, 0.3) is 0 Å². The number of aliphatic hydroxyl groups excluding tert-OH is 1. The summed E-state index contributed by atoms with van der Waals surface area (Å²) in [6.45, 7) is 9.46. The Labute approximate surface area is 549 Å². The fourth-order valence-electron chi connectivity index (χ4n) is 10.8. The summed E-state index contributed by atoms with van der Waals surface area (Å²) < 4.78 is 68.2. The normalized spacial score (nSPS) is 14.1. The van der Waals surface area contributed by atoms with Gasteiger partial charge in [0.2, 0.25) is 0 Å². The molecule has 5 atom stereocenters. The van der Waals surface area contributed by atoms with Crippen LogP contribution < -0.4 is 0 Å². The van der Waals surface area contributed by atoms with Crippen molar-refractivity contribution in [1.82, 2.24) is 0 Å². The summed E-state index contributed by atoms with van der Waals surface area (Å²) in [5.74, 6) is -0.674. The first kappa shape index (κ1) is 88.1. The Hall–Kier alpha value is -1.94. The molecule has 0 rings (SSSR count).